The summed E-state index contributed by atoms with van der Waals surface area (Å²) in [5, 5.41) is 16.7. The molecule has 0 spiro atoms. The lowest BCUT2D eigenvalue weighted by atomic mass is 10.1. The number of aromatic nitrogens is 4. The Hall–Kier alpha value is -3.82. The third-order valence-electron chi connectivity index (χ3n) is 5.32. The van der Waals surface area contributed by atoms with Gasteiger partial charge in [-0.3, -0.25) is 4.79 Å². The number of tetrazole rings is 1. The monoisotopic (exact) mass is 425 g/mol. The zero-order chi connectivity index (χ0) is 21.4. The van der Waals surface area contributed by atoms with Crippen molar-refractivity contribution >= 4 is 22.6 Å². The highest BCUT2D eigenvalue weighted by Crippen LogP contribution is 2.35. The summed E-state index contributed by atoms with van der Waals surface area (Å²) in [4.78, 5) is 12.9. The van der Waals surface area contributed by atoms with Gasteiger partial charge in [0.2, 0.25) is 5.82 Å². The van der Waals surface area contributed by atoms with Gasteiger partial charge in [0.25, 0.3) is 5.91 Å². The fourth-order valence-electron chi connectivity index (χ4n) is 3.74. The molecule has 2 N–H and O–H groups in total. The first kappa shape index (κ1) is 19.2. The van der Waals surface area contributed by atoms with Crippen LogP contribution in [0.2, 0.25) is 0 Å². The first-order valence-electron chi connectivity index (χ1n) is 9.81. The molecule has 0 atom stereocenters. The van der Waals surface area contributed by atoms with Gasteiger partial charge in [0.1, 0.15) is 11.8 Å². The van der Waals surface area contributed by atoms with E-state index >= 15 is 0 Å². The van der Waals surface area contributed by atoms with Crippen LogP contribution in [0.4, 0.5) is 14.5 Å². The minimum Gasteiger partial charge on any atom is -0.485 e. The molecule has 1 saturated carbocycles. The van der Waals surface area contributed by atoms with Crippen molar-refractivity contribution in [2.45, 2.75) is 31.8 Å². The minimum atomic E-state index is -1.12. The first-order valence-corrected chi connectivity index (χ1v) is 9.81. The van der Waals surface area contributed by atoms with Crippen molar-refractivity contribution in [3.63, 3.8) is 0 Å². The Morgan fingerprint density at radius 1 is 1.19 bits per heavy atom. The summed E-state index contributed by atoms with van der Waals surface area (Å²) < 4.78 is 39.5. The van der Waals surface area contributed by atoms with Gasteiger partial charge >= 0.3 is 0 Å². The summed E-state index contributed by atoms with van der Waals surface area (Å²) in [5.74, 6) is -2.51. The van der Waals surface area contributed by atoms with Crippen LogP contribution in [0.1, 0.15) is 36.0 Å². The lowest BCUT2D eigenvalue weighted by molar-refractivity contribution is 0.102. The van der Waals surface area contributed by atoms with E-state index in [1.54, 1.807) is 18.2 Å². The molecule has 0 aliphatic heterocycles. The molecule has 1 amide bonds. The summed E-state index contributed by atoms with van der Waals surface area (Å²) in [7, 11) is 0. The Labute approximate surface area is 174 Å². The van der Waals surface area contributed by atoms with E-state index in [9.17, 15) is 13.6 Å². The third kappa shape index (κ3) is 3.60. The van der Waals surface area contributed by atoms with E-state index in [0.717, 1.165) is 31.7 Å². The number of anilines is 1. The van der Waals surface area contributed by atoms with Crippen molar-refractivity contribution < 1.29 is 22.7 Å². The predicted octanol–water partition coefficient (Wildman–Crippen LogP) is 4.46. The van der Waals surface area contributed by atoms with Crippen LogP contribution in [0, 0.1) is 11.6 Å². The highest BCUT2D eigenvalue weighted by atomic mass is 19.2. The van der Waals surface area contributed by atoms with Crippen LogP contribution in [0.3, 0.4) is 0 Å². The molecule has 1 fully saturated rings. The number of amides is 1. The maximum atomic E-state index is 14.5. The second-order valence-corrected chi connectivity index (χ2v) is 7.33. The molecule has 0 radical (unpaired) electrons. The maximum absolute atomic E-state index is 14.5. The summed E-state index contributed by atoms with van der Waals surface area (Å²) in [6.07, 6.45) is 4.56. The molecule has 0 unspecified atom stereocenters. The summed E-state index contributed by atoms with van der Waals surface area (Å²) >= 11 is 0. The number of ether oxygens (including phenoxy) is 1. The number of hydrogen-bond donors (Lipinski definition) is 2. The van der Waals surface area contributed by atoms with Crippen molar-refractivity contribution in [1.82, 2.24) is 20.6 Å². The Kier molecular flexibility index (Phi) is 4.81. The second-order valence-electron chi connectivity index (χ2n) is 7.33. The SMILES string of the molecule is O=C(Nc1ccc(F)c(F)c1OC1CCCC1)c1coc2cc(-c3nnn[nH]3)ccc12. The standard InChI is InChI=1S/C21H17F2N5O3/c22-15-7-8-16(19(18(15)23)31-12-3-1-2-4-12)24-21(29)14-10-30-17-9-11(5-6-13(14)17)20-25-27-28-26-20/h5-10,12H,1-4H2,(H,24,29)(H,25,26,27,28). The Bertz CT molecular complexity index is 1250. The molecule has 31 heavy (non-hydrogen) atoms. The van der Waals surface area contributed by atoms with E-state index in [4.69, 9.17) is 9.15 Å². The fourth-order valence-corrected chi connectivity index (χ4v) is 3.74. The minimum absolute atomic E-state index is 0.0644. The van der Waals surface area contributed by atoms with Crippen LogP contribution in [0.15, 0.2) is 41.0 Å². The van der Waals surface area contributed by atoms with Crippen molar-refractivity contribution in [2.24, 2.45) is 0 Å². The molecule has 2 aromatic heterocycles. The highest BCUT2D eigenvalue weighted by molar-refractivity contribution is 6.13. The van der Waals surface area contributed by atoms with Crippen LogP contribution in [0.5, 0.6) is 5.75 Å². The number of hydrogen-bond acceptors (Lipinski definition) is 6. The average molecular weight is 425 g/mol. The van der Waals surface area contributed by atoms with Gasteiger partial charge in [-0.2, -0.15) is 4.39 Å². The van der Waals surface area contributed by atoms with Gasteiger partial charge in [-0.1, -0.05) is 6.07 Å². The van der Waals surface area contributed by atoms with Crippen LogP contribution >= 0.6 is 0 Å². The molecule has 5 rings (SSSR count). The van der Waals surface area contributed by atoms with Crippen molar-refractivity contribution in [1.29, 1.82) is 0 Å². The molecule has 158 valence electrons. The van der Waals surface area contributed by atoms with Crippen LogP contribution in [0.25, 0.3) is 22.4 Å². The van der Waals surface area contributed by atoms with E-state index in [0.29, 0.717) is 22.4 Å². The zero-order valence-electron chi connectivity index (χ0n) is 16.2. The molecular weight excluding hydrogens is 408 g/mol. The quantitative estimate of drug-likeness (QED) is 0.489. The van der Waals surface area contributed by atoms with Gasteiger partial charge in [0.15, 0.2) is 17.4 Å². The Balaban J connectivity index is 1.43. The second kappa shape index (κ2) is 7.78. The molecular formula is C21H17F2N5O3. The number of aromatic amines is 1. The number of H-pyrrole nitrogens is 1. The topological polar surface area (TPSA) is 106 Å². The number of furan rings is 1. The summed E-state index contributed by atoms with van der Waals surface area (Å²) in [5.41, 5.74) is 1.45. The van der Waals surface area contributed by atoms with Crippen molar-refractivity contribution in [3.05, 3.63) is 53.8 Å². The first-order chi connectivity index (χ1) is 15.1. The number of fused-ring (bicyclic) bond motifs is 1. The van der Waals surface area contributed by atoms with Gasteiger partial charge < -0.3 is 14.5 Å². The molecule has 8 nitrogen and oxygen atoms in total. The van der Waals surface area contributed by atoms with Gasteiger partial charge in [0.05, 0.1) is 17.4 Å². The van der Waals surface area contributed by atoms with Crippen LogP contribution in [-0.4, -0.2) is 32.6 Å². The molecule has 0 saturated heterocycles. The molecule has 0 bridgehead atoms. The predicted molar refractivity (Wildman–Crippen MR) is 107 cm³/mol. The Morgan fingerprint density at radius 2 is 2.03 bits per heavy atom. The van der Waals surface area contributed by atoms with Crippen LogP contribution in [-0.2, 0) is 0 Å². The Morgan fingerprint density at radius 3 is 2.81 bits per heavy atom. The van der Waals surface area contributed by atoms with Gasteiger partial charge in [-0.15, -0.1) is 5.10 Å². The molecule has 2 heterocycles. The molecule has 2 aromatic carbocycles. The molecule has 4 aromatic rings. The largest absolute Gasteiger partial charge is 0.485 e. The van der Waals surface area contributed by atoms with Gasteiger partial charge in [0, 0.05) is 10.9 Å². The van der Waals surface area contributed by atoms with E-state index in [-0.39, 0.29) is 23.1 Å². The van der Waals surface area contributed by atoms with Gasteiger partial charge in [-0.25, -0.2) is 9.49 Å². The number of benzene rings is 2. The van der Waals surface area contributed by atoms with Crippen LogP contribution < -0.4 is 10.1 Å². The highest BCUT2D eigenvalue weighted by Gasteiger charge is 2.24. The van der Waals surface area contributed by atoms with E-state index in [1.807, 2.05) is 0 Å². The number of carbonyl (C=O) groups excluding carboxylic acids is 1. The number of nitrogens with one attached hydrogen (secondary N) is 2. The smallest absolute Gasteiger partial charge is 0.259 e. The van der Waals surface area contributed by atoms with Gasteiger partial charge in [-0.05, 0) is 60.4 Å². The zero-order valence-corrected chi connectivity index (χ0v) is 16.2. The lowest BCUT2D eigenvalue weighted by Gasteiger charge is -2.17. The lowest BCUT2D eigenvalue weighted by Crippen LogP contribution is -2.17. The molecule has 1 aliphatic rings. The normalized spacial score (nSPS) is 14.3. The molecule has 1 aliphatic carbocycles. The van der Waals surface area contributed by atoms with E-state index in [2.05, 4.69) is 25.9 Å². The molecule has 10 heteroatoms. The summed E-state index contributed by atoms with van der Waals surface area (Å²) in [6.45, 7) is 0. The average Bonchev–Trinajstić information content (AvgIpc) is 3.54. The number of carbonyl (C=O) groups is 1. The van der Waals surface area contributed by atoms with Crippen molar-refractivity contribution in [2.75, 3.05) is 5.32 Å². The number of rotatable bonds is 5. The summed E-state index contributed by atoms with van der Waals surface area (Å²) in [6, 6.07) is 7.38. The van der Waals surface area contributed by atoms with E-state index < -0.39 is 17.5 Å². The van der Waals surface area contributed by atoms with E-state index in [1.165, 1.54) is 12.3 Å². The van der Waals surface area contributed by atoms with Crippen molar-refractivity contribution in [3.8, 4) is 17.1 Å². The third-order valence-corrected chi connectivity index (χ3v) is 5.32. The number of halogens is 2. The number of nitrogens with zero attached hydrogens (tertiary/aromatic N) is 3. The maximum Gasteiger partial charge on any atom is 0.259 e. The fraction of sp³-hybridized carbons (Fsp3) is 0.238.